The summed E-state index contributed by atoms with van der Waals surface area (Å²) in [4.78, 5) is 8.91. The Morgan fingerprint density at radius 2 is 1.43 bits per heavy atom. The molecule has 2 heterocycles. The molecule has 0 bridgehead atoms. The summed E-state index contributed by atoms with van der Waals surface area (Å²) < 4.78 is 0. The smallest absolute Gasteiger partial charge is 0.0730 e. The summed E-state index contributed by atoms with van der Waals surface area (Å²) in [6.07, 6.45) is 3.68. The van der Waals surface area contributed by atoms with E-state index in [4.69, 9.17) is 4.98 Å². The lowest BCUT2D eigenvalue weighted by Crippen LogP contribution is -2.01. The van der Waals surface area contributed by atoms with E-state index in [0.717, 1.165) is 39.6 Å². The van der Waals surface area contributed by atoms with Crippen LogP contribution in [0.1, 0.15) is 5.56 Å². The van der Waals surface area contributed by atoms with Crippen LogP contribution < -0.4 is 5.32 Å². The molecule has 114 valence electrons. The second-order valence-corrected chi connectivity index (χ2v) is 5.24. The molecule has 0 aliphatic rings. The van der Waals surface area contributed by atoms with Crippen molar-refractivity contribution in [2.45, 2.75) is 6.54 Å². The Kier molecular flexibility index (Phi) is 4.40. The Labute approximate surface area is 140 Å². The molecule has 4 rings (SSSR count). The van der Waals surface area contributed by atoms with Crippen molar-refractivity contribution < 1.29 is 0 Å². The second kappa shape index (κ2) is 6.63. The van der Waals surface area contributed by atoms with Gasteiger partial charge in [-0.3, -0.25) is 4.98 Å². The Morgan fingerprint density at radius 1 is 0.783 bits per heavy atom. The summed E-state index contributed by atoms with van der Waals surface area (Å²) >= 11 is 0. The maximum atomic E-state index is 4.74. The van der Waals surface area contributed by atoms with Crippen molar-refractivity contribution in [3.05, 3.63) is 78.6 Å². The van der Waals surface area contributed by atoms with Crippen molar-refractivity contribution in [3.8, 4) is 0 Å². The number of halogens is 1. The van der Waals surface area contributed by atoms with E-state index >= 15 is 0 Å². The van der Waals surface area contributed by atoms with Crippen LogP contribution in [-0.4, -0.2) is 9.97 Å². The number of hydrogen-bond acceptors (Lipinski definition) is 3. The van der Waals surface area contributed by atoms with Crippen molar-refractivity contribution in [2.24, 2.45) is 0 Å². The van der Waals surface area contributed by atoms with E-state index in [9.17, 15) is 0 Å². The fourth-order valence-electron chi connectivity index (χ4n) is 2.72. The molecule has 0 aliphatic heterocycles. The molecule has 2 aromatic heterocycles. The number of nitrogens with one attached hydrogen (secondary N) is 1. The SMILES string of the molecule is Cl.c1cncc(CNc2c3ccccc3nc3ccccc23)c1. The average Bonchev–Trinajstić information content (AvgIpc) is 2.59. The van der Waals surface area contributed by atoms with Gasteiger partial charge in [0, 0.05) is 29.7 Å². The monoisotopic (exact) mass is 321 g/mol. The molecule has 3 nitrogen and oxygen atoms in total. The lowest BCUT2D eigenvalue weighted by atomic mass is 10.1. The van der Waals surface area contributed by atoms with Crippen molar-refractivity contribution in [1.29, 1.82) is 0 Å². The number of fused-ring (bicyclic) bond motifs is 2. The predicted molar refractivity (Wildman–Crippen MR) is 98.1 cm³/mol. The molecular weight excluding hydrogens is 306 g/mol. The highest BCUT2D eigenvalue weighted by Crippen LogP contribution is 2.30. The van der Waals surface area contributed by atoms with Gasteiger partial charge in [-0.2, -0.15) is 0 Å². The number of para-hydroxylation sites is 2. The van der Waals surface area contributed by atoms with Gasteiger partial charge >= 0.3 is 0 Å². The molecule has 0 radical (unpaired) electrons. The normalized spacial score (nSPS) is 10.4. The first-order valence-electron chi connectivity index (χ1n) is 7.32. The molecule has 0 spiro atoms. The van der Waals surface area contributed by atoms with Gasteiger partial charge < -0.3 is 5.32 Å². The minimum Gasteiger partial charge on any atom is -0.380 e. The summed E-state index contributed by atoms with van der Waals surface area (Å²) in [7, 11) is 0. The van der Waals surface area contributed by atoms with Crippen LogP contribution >= 0.6 is 12.4 Å². The Hall–Kier alpha value is -2.65. The molecule has 4 heteroatoms. The Balaban J connectivity index is 0.00000156. The van der Waals surface area contributed by atoms with Crippen molar-refractivity contribution in [1.82, 2.24) is 9.97 Å². The van der Waals surface area contributed by atoms with E-state index < -0.39 is 0 Å². The van der Waals surface area contributed by atoms with Gasteiger partial charge in [0.1, 0.15) is 0 Å². The van der Waals surface area contributed by atoms with Crippen LogP contribution in [-0.2, 0) is 6.54 Å². The van der Waals surface area contributed by atoms with Crippen LogP contribution in [0.2, 0.25) is 0 Å². The standard InChI is InChI=1S/C19H15N3.ClH/c1-3-9-17-15(7-1)19(16-8-2-4-10-18(16)22-17)21-13-14-6-5-11-20-12-14;/h1-12H,13H2,(H,21,22);1H. The molecular formula is C19H16ClN3. The maximum absolute atomic E-state index is 4.74. The maximum Gasteiger partial charge on any atom is 0.0730 e. The van der Waals surface area contributed by atoms with E-state index in [1.165, 1.54) is 0 Å². The summed E-state index contributed by atoms with van der Waals surface area (Å²) in [6.45, 7) is 0.742. The van der Waals surface area contributed by atoms with Gasteiger partial charge in [0.15, 0.2) is 0 Å². The van der Waals surface area contributed by atoms with Crippen molar-refractivity contribution in [3.63, 3.8) is 0 Å². The number of nitrogens with zero attached hydrogens (tertiary/aromatic N) is 2. The molecule has 4 aromatic rings. The van der Waals surface area contributed by atoms with Gasteiger partial charge in [-0.1, -0.05) is 42.5 Å². The zero-order chi connectivity index (χ0) is 14.8. The van der Waals surface area contributed by atoms with Crippen LogP contribution in [0.25, 0.3) is 21.8 Å². The Bertz CT molecular complexity index is 885. The van der Waals surface area contributed by atoms with Crippen LogP contribution in [0, 0.1) is 0 Å². The molecule has 1 N–H and O–H groups in total. The third-order valence-electron chi connectivity index (χ3n) is 3.78. The lowest BCUT2D eigenvalue weighted by Gasteiger charge is -2.13. The molecule has 0 saturated carbocycles. The summed E-state index contributed by atoms with van der Waals surface area (Å²) in [5.41, 5.74) is 4.31. The Morgan fingerprint density at radius 3 is 2.04 bits per heavy atom. The number of pyridine rings is 2. The number of benzene rings is 2. The van der Waals surface area contributed by atoms with E-state index in [0.29, 0.717) is 0 Å². The third-order valence-corrected chi connectivity index (χ3v) is 3.78. The number of hydrogen-bond donors (Lipinski definition) is 1. The zero-order valence-electron chi connectivity index (χ0n) is 12.4. The van der Waals surface area contributed by atoms with Crippen LogP contribution in [0.5, 0.6) is 0 Å². The predicted octanol–water partition coefficient (Wildman–Crippen LogP) is 4.82. The summed E-state index contributed by atoms with van der Waals surface area (Å²) in [5, 5.41) is 5.85. The molecule has 0 amide bonds. The first kappa shape index (κ1) is 15.3. The molecule has 0 unspecified atom stereocenters. The fourth-order valence-corrected chi connectivity index (χ4v) is 2.72. The van der Waals surface area contributed by atoms with E-state index in [1.54, 1.807) is 6.20 Å². The van der Waals surface area contributed by atoms with Gasteiger partial charge in [0.05, 0.1) is 16.7 Å². The minimum atomic E-state index is 0. The van der Waals surface area contributed by atoms with E-state index in [-0.39, 0.29) is 12.4 Å². The largest absolute Gasteiger partial charge is 0.380 e. The summed E-state index contributed by atoms with van der Waals surface area (Å²) in [5.74, 6) is 0. The third kappa shape index (κ3) is 2.96. The van der Waals surface area contributed by atoms with E-state index in [1.807, 2.05) is 36.5 Å². The van der Waals surface area contributed by atoms with Crippen molar-refractivity contribution in [2.75, 3.05) is 5.32 Å². The molecule has 0 saturated heterocycles. The van der Waals surface area contributed by atoms with Crippen molar-refractivity contribution >= 4 is 39.9 Å². The highest BCUT2D eigenvalue weighted by Gasteiger charge is 2.08. The van der Waals surface area contributed by atoms with Gasteiger partial charge in [-0.05, 0) is 23.8 Å². The number of rotatable bonds is 3. The zero-order valence-corrected chi connectivity index (χ0v) is 13.3. The topological polar surface area (TPSA) is 37.8 Å². The van der Waals surface area contributed by atoms with Gasteiger partial charge in [0.2, 0.25) is 0 Å². The highest BCUT2D eigenvalue weighted by atomic mass is 35.5. The fraction of sp³-hybridized carbons (Fsp3) is 0.0526. The lowest BCUT2D eigenvalue weighted by molar-refractivity contribution is 1.12. The van der Waals surface area contributed by atoms with Gasteiger partial charge in [-0.15, -0.1) is 12.4 Å². The summed E-state index contributed by atoms with van der Waals surface area (Å²) in [6, 6.07) is 20.5. The average molecular weight is 322 g/mol. The van der Waals surface area contributed by atoms with Crippen LogP contribution in [0.15, 0.2) is 73.1 Å². The molecule has 0 fully saturated rings. The molecule has 23 heavy (non-hydrogen) atoms. The van der Waals surface area contributed by atoms with Gasteiger partial charge in [0.25, 0.3) is 0 Å². The number of anilines is 1. The molecule has 2 aromatic carbocycles. The first-order valence-corrected chi connectivity index (χ1v) is 7.32. The van der Waals surface area contributed by atoms with Crippen LogP contribution in [0.4, 0.5) is 5.69 Å². The molecule has 0 aliphatic carbocycles. The number of aromatic nitrogens is 2. The van der Waals surface area contributed by atoms with Crippen LogP contribution in [0.3, 0.4) is 0 Å². The van der Waals surface area contributed by atoms with Gasteiger partial charge in [-0.25, -0.2) is 4.98 Å². The second-order valence-electron chi connectivity index (χ2n) is 5.24. The van der Waals surface area contributed by atoms with E-state index in [2.05, 4.69) is 40.6 Å². The highest BCUT2D eigenvalue weighted by molar-refractivity contribution is 6.07. The molecule has 0 atom stereocenters. The first-order chi connectivity index (χ1) is 10.9. The quantitative estimate of drug-likeness (QED) is 0.550. The minimum absolute atomic E-state index is 0.